The van der Waals surface area contributed by atoms with Crippen LogP contribution in [0.2, 0.25) is 0 Å². The van der Waals surface area contributed by atoms with Gasteiger partial charge in [-0.25, -0.2) is 0 Å². The van der Waals surface area contributed by atoms with E-state index in [0.717, 1.165) is 66.4 Å². The van der Waals surface area contributed by atoms with E-state index in [2.05, 4.69) is 29.4 Å². The van der Waals surface area contributed by atoms with Gasteiger partial charge < -0.3 is 14.8 Å². The van der Waals surface area contributed by atoms with Crippen LogP contribution in [0.4, 0.5) is 0 Å². The fraction of sp³-hybridized carbons (Fsp3) is 0.379. The van der Waals surface area contributed by atoms with E-state index in [1.165, 1.54) is 11.1 Å². The largest absolute Gasteiger partial charge is 0.497 e. The number of rotatable bonds is 12. The summed E-state index contributed by atoms with van der Waals surface area (Å²) in [6.07, 6.45) is 13.2. The molecule has 1 atom stereocenters. The van der Waals surface area contributed by atoms with Gasteiger partial charge in [-0.05, 0) is 97.5 Å². The van der Waals surface area contributed by atoms with Crippen LogP contribution in [0, 0.1) is 0 Å². The topological polar surface area (TPSA) is 60.5 Å². The number of fused-ring (bicyclic) bond motifs is 1. The Labute approximate surface area is 203 Å². The molecule has 1 heterocycles. The molecule has 180 valence electrons. The molecule has 3 rings (SSSR count). The third-order valence-corrected chi connectivity index (χ3v) is 6.08. The molecule has 5 nitrogen and oxygen atoms in total. The summed E-state index contributed by atoms with van der Waals surface area (Å²) in [6.45, 7) is 4.23. The first-order chi connectivity index (χ1) is 16.5. The smallest absolute Gasteiger partial charge is 0.244 e. The molecule has 3 aromatic rings. The van der Waals surface area contributed by atoms with E-state index in [-0.39, 0.29) is 11.9 Å². The number of pyridine rings is 1. The molecule has 0 unspecified atom stereocenters. The second-order valence-corrected chi connectivity index (χ2v) is 8.66. The predicted octanol–water partition coefficient (Wildman–Crippen LogP) is 6.14. The van der Waals surface area contributed by atoms with E-state index in [9.17, 15) is 4.79 Å². The standard InChI is InChI=1S/C29H36N2O3/c1-5-6-12-25-23(18-28(34-4)26-15-14-24(33-3)19-27(25)26)13-16-29(32)31-21(2)9-7-10-22-11-8-17-30-20-22/h8,11,13-21H,5-7,9-10,12H2,1-4H3,(H,31,32)/t21-/m0/s1. The van der Waals surface area contributed by atoms with Crippen LogP contribution in [0.1, 0.15) is 56.2 Å². The summed E-state index contributed by atoms with van der Waals surface area (Å²) in [5.41, 5.74) is 3.44. The van der Waals surface area contributed by atoms with Crippen molar-refractivity contribution >= 4 is 22.8 Å². The average molecular weight is 461 g/mol. The van der Waals surface area contributed by atoms with Gasteiger partial charge in [-0.1, -0.05) is 19.4 Å². The van der Waals surface area contributed by atoms with Gasteiger partial charge in [-0.2, -0.15) is 0 Å². The molecule has 0 aliphatic carbocycles. The second kappa shape index (κ2) is 12.8. The number of hydrogen-bond acceptors (Lipinski definition) is 4. The van der Waals surface area contributed by atoms with Crippen LogP contribution in [0.5, 0.6) is 11.5 Å². The number of hydrogen-bond donors (Lipinski definition) is 1. The van der Waals surface area contributed by atoms with Crippen molar-refractivity contribution in [3.05, 3.63) is 71.6 Å². The Balaban J connectivity index is 1.73. The van der Waals surface area contributed by atoms with E-state index in [1.807, 2.05) is 43.5 Å². The summed E-state index contributed by atoms with van der Waals surface area (Å²) in [5.74, 6) is 1.52. The lowest BCUT2D eigenvalue weighted by atomic mass is 9.93. The number of methoxy groups -OCH3 is 2. The zero-order valence-corrected chi connectivity index (χ0v) is 20.8. The van der Waals surface area contributed by atoms with Crippen LogP contribution in [0.3, 0.4) is 0 Å². The van der Waals surface area contributed by atoms with Crippen molar-refractivity contribution < 1.29 is 14.3 Å². The average Bonchev–Trinajstić information content (AvgIpc) is 2.86. The molecule has 0 saturated heterocycles. The normalized spacial score (nSPS) is 12.1. The molecule has 2 aromatic carbocycles. The molecule has 1 aromatic heterocycles. The van der Waals surface area contributed by atoms with E-state index < -0.39 is 0 Å². The molecule has 0 spiro atoms. The summed E-state index contributed by atoms with van der Waals surface area (Å²) < 4.78 is 11.1. The monoisotopic (exact) mass is 460 g/mol. The van der Waals surface area contributed by atoms with Gasteiger partial charge >= 0.3 is 0 Å². The summed E-state index contributed by atoms with van der Waals surface area (Å²) in [5, 5.41) is 5.25. The van der Waals surface area contributed by atoms with Crippen molar-refractivity contribution in [1.82, 2.24) is 10.3 Å². The van der Waals surface area contributed by atoms with Gasteiger partial charge in [0.05, 0.1) is 14.2 Å². The van der Waals surface area contributed by atoms with Gasteiger partial charge in [0.2, 0.25) is 5.91 Å². The Bertz CT molecular complexity index is 1110. The Morgan fingerprint density at radius 2 is 1.94 bits per heavy atom. The number of aryl methyl sites for hydroxylation is 2. The molecule has 1 N–H and O–H groups in total. The lowest BCUT2D eigenvalue weighted by molar-refractivity contribution is -0.117. The molecule has 1 amide bonds. The first-order valence-corrected chi connectivity index (χ1v) is 12.1. The zero-order chi connectivity index (χ0) is 24.3. The second-order valence-electron chi connectivity index (χ2n) is 8.66. The molecule has 0 aliphatic heterocycles. The Kier molecular flexibility index (Phi) is 9.51. The van der Waals surface area contributed by atoms with Gasteiger partial charge in [0.25, 0.3) is 0 Å². The van der Waals surface area contributed by atoms with Gasteiger partial charge in [-0.3, -0.25) is 9.78 Å². The fourth-order valence-electron chi connectivity index (χ4n) is 4.21. The van der Waals surface area contributed by atoms with Crippen LogP contribution in [-0.2, 0) is 17.6 Å². The summed E-state index contributed by atoms with van der Waals surface area (Å²) in [7, 11) is 3.36. The van der Waals surface area contributed by atoms with Crippen molar-refractivity contribution in [2.45, 2.75) is 58.4 Å². The van der Waals surface area contributed by atoms with Crippen molar-refractivity contribution in [1.29, 1.82) is 0 Å². The number of carbonyl (C=O) groups excluding carboxylic acids is 1. The summed E-state index contributed by atoms with van der Waals surface area (Å²) in [6, 6.07) is 12.2. The highest BCUT2D eigenvalue weighted by atomic mass is 16.5. The number of carbonyl (C=O) groups is 1. The van der Waals surface area contributed by atoms with Crippen molar-refractivity contribution in [2.24, 2.45) is 0 Å². The minimum Gasteiger partial charge on any atom is -0.497 e. The molecule has 34 heavy (non-hydrogen) atoms. The van der Waals surface area contributed by atoms with E-state index >= 15 is 0 Å². The molecule has 0 fully saturated rings. The van der Waals surface area contributed by atoms with E-state index in [0.29, 0.717) is 0 Å². The third kappa shape index (κ3) is 6.83. The third-order valence-electron chi connectivity index (χ3n) is 6.08. The van der Waals surface area contributed by atoms with E-state index in [1.54, 1.807) is 26.5 Å². The van der Waals surface area contributed by atoms with Gasteiger partial charge in [0, 0.05) is 29.9 Å². The highest BCUT2D eigenvalue weighted by Gasteiger charge is 2.13. The van der Waals surface area contributed by atoms with E-state index in [4.69, 9.17) is 9.47 Å². The van der Waals surface area contributed by atoms with Gasteiger partial charge in [0.1, 0.15) is 11.5 Å². The van der Waals surface area contributed by atoms with Crippen molar-refractivity contribution in [2.75, 3.05) is 14.2 Å². The minimum atomic E-state index is -0.0833. The highest BCUT2D eigenvalue weighted by molar-refractivity contribution is 5.97. The van der Waals surface area contributed by atoms with Crippen LogP contribution < -0.4 is 14.8 Å². The van der Waals surface area contributed by atoms with Gasteiger partial charge in [0.15, 0.2) is 0 Å². The molecule has 0 saturated carbocycles. The molecular weight excluding hydrogens is 424 g/mol. The number of amides is 1. The maximum atomic E-state index is 12.6. The number of ether oxygens (including phenoxy) is 2. The Morgan fingerprint density at radius 1 is 1.09 bits per heavy atom. The van der Waals surface area contributed by atoms with Crippen LogP contribution in [-0.4, -0.2) is 31.2 Å². The lowest BCUT2D eigenvalue weighted by Gasteiger charge is -2.16. The summed E-state index contributed by atoms with van der Waals surface area (Å²) in [4.78, 5) is 16.8. The quantitative estimate of drug-likeness (QED) is 0.330. The molecule has 5 heteroatoms. The van der Waals surface area contributed by atoms with Gasteiger partial charge in [-0.15, -0.1) is 0 Å². The highest BCUT2D eigenvalue weighted by Crippen LogP contribution is 2.35. The fourth-order valence-corrected chi connectivity index (χ4v) is 4.21. The molecule has 0 bridgehead atoms. The van der Waals surface area contributed by atoms with Crippen LogP contribution in [0.25, 0.3) is 16.8 Å². The zero-order valence-electron chi connectivity index (χ0n) is 20.8. The lowest BCUT2D eigenvalue weighted by Crippen LogP contribution is -2.31. The number of nitrogens with zero attached hydrogens (tertiary/aromatic N) is 1. The number of nitrogens with one attached hydrogen (secondary N) is 1. The first kappa shape index (κ1) is 25.3. The summed E-state index contributed by atoms with van der Waals surface area (Å²) >= 11 is 0. The van der Waals surface area contributed by atoms with Crippen molar-refractivity contribution in [3.63, 3.8) is 0 Å². The number of aromatic nitrogens is 1. The maximum Gasteiger partial charge on any atom is 0.244 e. The minimum absolute atomic E-state index is 0.0833. The van der Waals surface area contributed by atoms with Crippen LogP contribution >= 0.6 is 0 Å². The predicted molar refractivity (Wildman–Crippen MR) is 139 cm³/mol. The Morgan fingerprint density at radius 3 is 2.65 bits per heavy atom. The Hall–Kier alpha value is -3.34. The first-order valence-electron chi connectivity index (χ1n) is 12.1. The van der Waals surface area contributed by atoms with Crippen molar-refractivity contribution in [3.8, 4) is 11.5 Å². The maximum absolute atomic E-state index is 12.6. The number of unbranched alkanes of at least 4 members (excludes halogenated alkanes) is 1. The molecule has 0 radical (unpaired) electrons. The SMILES string of the molecule is CCCCc1c(C=CC(=O)N[C@@H](C)CCCc2cccnc2)cc(OC)c2ccc(OC)cc12. The molecular formula is C29H36N2O3. The number of benzene rings is 2. The molecule has 0 aliphatic rings. The van der Waals surface area contributed by atoms with Crippen LogP contribution in [0.15, 0.2) is 54.9 Å².